The predicted molar refractivity (Wildman–Crippen MR) is 168 cm³/mol. The van der Waals surface area contributed by atoms with Gasteiger partial charge >= 0.3 is 18.4 Å². The van der Waals surface area contributed by atoms with E-state index in [1.807, 2.05) is 32.9 Å². The van der Waals surface area contributed by atoms with Gasteiger partial charge in [0.05, 0.1) is 11.6 Å². The number of amides is 2. The van der Waals surface area contributed by atoms with Gasteiger partial charge in [-0.3, -0.25) is 4.79 Å². The van der Waals surface area contributed by atoms with Crippen molar-refractivity contribution in [3.8, 4) is 22.8 Å². The second kappa shape index (κ2) is 14.3. The normalized spacial score (nSPS) is 11.8. The maximum absolute atomic E-state index is 12.9. The number of halogens is 3. The number of aromatic nitrogens is 3. The fraction of sp³-hybridized carbons (Fsp3) is 0.258. The smallest absolute Gasteiger partial charge is 0.454 e. The Morgan fingerprint density at radius 2 is 1.62 bits per heavy atom. The van der Waals surface area contributed by atoms with E-state index in [9.17, 15) is 22.8 Å². The summed E-state index contributed by atoms with van der Waals surface area (Å²) >= 11 is 1.09. The quantitative estimate of drug-likeness (QED) is 0.0873. The third-order valence-corrected chi connectivity index (χ3v) is 6.90. The van der Waals surface area contributed by atoms with E-state index in [2.05, 4.69) is 30.4 Å². The number of carbonyl (C=O) groups is 2. The molecular weight excluding hydrogens is 609 g/mol. The molecule has 0 aliphatic carbocycles. The van der Waals surface area contributed by atoms with Crippen molar-refractivity contribution >= 4 is 40.3 Å². The average Bonchev–Trinajstić information content (AvgIpc) is 3.45. The minimum atomic E-state index is -4.78. The number of carbonyl (C=O) groups excluding carboxylic acids is 2. The van der Waals surface area contributed by atoms with Gasteiger partial charge in [-0.1, -0.05) is 31.5 Å². The molecule has 0 saturated heterocycles. The molecule has 3 aromatic carbocycles. The number of hydrogen-bond donors (Lipinski definition) is 2. The van der Waals surface area contributed by atoms with Crippen LogP contribution >= 0.6 is 11.8 Å². The molecule has 0 fully saturated rings. The summed E-state index contributed by atoms with van der Waals surface area (Å²) < 4.78 is 47.8. The van der Waals surface area contributed by atoms with Gasteiger partial charge in [0.25, 0.3) is 0 Å². The lowest BCUT2D eigenvalue weighted by molar-refractivity contribution is -0.274. The van der Waals surface area contributed by atoms with Crippen LogP contribution in [0.4, 0.5) is 29.3 Å². The molecule has 4 rings (SSSR count). The number of alkyl halides is 3. The summed E-state index contributed by atoms with van der Waals surface area (Å²) in [5.41, 5.74) is 5.44. The third-order valence-electron chi connectivity index (χ3n) is 6.20. The van der Waals surface area contributed by atoms with Crippen LogP contribution in [0.3, 0.4) is 0 Å². The SMILES string of the molecule is Cc1cc(C)c(N/C(=N\C(=O)Nc2ccc(-c3ncn(-c4ccc(OC(F)(F)F)cc4)n3)cc2)SCOC(=O)C(C)C)c(C)c1. The maximum Gasteiger partial charge on any atom is 0.573 e. The van der Waals surface area contributed by atoms with E-state index < -0.39 is 12.4 Å². The first kappa shape index (κ1) is 33.1. The molecule has 0 atom stereocenters. The molecule has 10 nitrogen and oxygen atoms in total. The molecule has 2 N–H and O–H groups in total. The van der Waals surface area contributed by atoms with Crippen LogP contribution in [0.5, 0.6) is 5.75 Å². The third kappa shape index (κ3) is 9.57. The van der Waals surface area contributed by atoms with Crippen molar-refractivity contribution in [1.82, 2.24) is 14.8 Å². The molecule has 2 amide bonds. The molecule has 0 radical (unpaired) electrons. The van der Waals surface area contributed by atoms with E-state index in [-0.39, 0.29) is 28.7 Å². The first-order valence-electron chi connectivity index (χ1n) is 13.7. The summed E-state index contributed by atoms with van der Waals surface area (Å²) in [4.78, 5) is 33.3. The van der Waals surface area contributed by atoms with E-state index in [0.29, 0.717) is 22.8 Å². The van der Waals surface area contributed by atoms with Crippen LogP contribution in [0, 0.1) is 26.7 Å². The Labute approximate surface area is 262 Å². The molecular formula is C31H31F3N6O4S. The van der Waals surface area contributed by atoms with E-state index in [4.69, 9.17) is 4.74 Å². The Morgan fingerprint density at radius 1 is 0.978 bits per heavy atom. The molecule has 0 saturated carbocycles. The van der Waals surface area contributed by atoms with E-state index >= 15 is 0 Å². The van der Waals surface area contributed by atoms with Gasteiger partial charge in [0, 0.05) is 16.9 Å². The number of urea groups is 1. The Bertz CT molecular complexity index is 1660. The number of aryl methyl sites for hydroxylation is 3. The molecule has 1 aromatic heterocycles. The highest BCUT2D eigenvalue weighted by atomic mass is 32.2. The lowest BCUT2D eigenvalue weighted by atomic mass is 10.1. The van der Waals surface area contributed by atoms with Crippen molar-refractivity contribution in [2.24, 2.45) is 10.9 Å². The number of anilines is 2. The second-order valence-electron chi connectivity index (χ2n) is 10.3. The van der Waals surface area contributed by atoms with Crippen LogP contribution in [-0.2, 0) is 9.53 Å². The zero-order valence-corrected chi connectivity index (χ0v) is 25.9. The highest BCUT2D eigenvalue weighted by Gasteiger charge is 2.31. The summed E-state index contributed by atoms with van der Waals surface area (Å²) in [6, 6.07) is 15.3. The van der Waals surface area contributed by atoms with Crippen LogP contribution in [0.1, 0.15) is 30.5 Å². The Hall–Kier alpha value is -4.85. The number of aliphatic imine (C=N–C) groups is 1. The number of hydrogen-bond acceptors (Lipinski definition) is 7. The van der Waals surface area contributed by atoms with Gasteiger partial charge in [-0.15, -0.1) is 18.3 Å². The van der Waals surface area contributed by atoms with Crippen LogP contribution in [0.25, 0.3) is 17.1 Å². The molecule has 236 valence electrons. The fourth-order valence-electron chi connectivity index (χ4n) is 4.16. The van der Waals surface area contributed by atoms with Gasteiger partial charge in [0.15, 0.2) is 11.0 Å². The summed E-state index contributed by atoms with van der Waals surface area (Å²) in [6.07, 6.45) is -3.34. The summed E-state index contributed by atoms with van der Waals surface area (Å²) in [5.74, 6) is -0.653. The number of thioether (sulfide) groups is 1. The van der Waals surface area contributed by atoms with Crippen molar-refractivity contribution in [3.05, 3.63) is 83.7 Å². The summed E-state index contributed by atoms with van der Waals surface area (Å²) in [6.45, 7) is 9.37. The Morgan fingerprint density at radius 3 is 2.22 bits per heavy atom. The molecule has 0 unspecified atom stereocenters. The second-order valence-corrected chi connectivity index (χ2v) is 11.2. The van der Waals surface area contributed by atoms with Gasteiger partial charge in [0.1, 0.15) is 18.0 Å². The highest BCUT2D eigenvalue weighted by molar-refractivity contribution is 8.14. The van der Waals surface area contributed by atoms with Gasteiger partial charge in [0.2, 0.25) is 0 Å². The Kier molecular flexibility index (Phi) is 10.5. The molecule has 4 aromatic rings. The van der Waals surface area contributed by atoms with Gasteiger partial charge in [-0.2, -0.15) is 4.99 Å². The van der Waals surface area contributed by atoms with Crippen LogP contribution in [-0.4, -0.2) is 44.2 Å². The number of benzene rings is 3. The Balaban J connectivity index is 1.44. The number of nitrogens with one attached hydrogen (secondary N) is 2. The van der Waals surface area contributed by atoms with Crippen molar-refractivity contribution in [2.75, 3.05) is 16.6 Å². The molecule has 0 bridgehead atoms. The van der Waals surface area contributed by atoms with Gasteiger partial charge in [-0.25, -0.2) is 14.5 Å². The minimum absolute atomic E-state index is 0.0279. The lowest BCUT2D eigenvalue weighted by Crippen LogP contribution is -2.18. The monoisotopic (exact) mass is 640 g/mol. The molecule has 0 spiro atoms. The van der Waals surface area contributed by atoms with E-state index in [0.717, 1.165) is 34.1 Å². The van der Waals surface area contributed by atoms with Crippen molar-refractivity contribution in [1.29, 1.82) is 0 Å². The van der Waals surface area contributed by atoms with Crippen molar-refractivity contribution < 1.29 is 32.2 Å². The average molecular weight is 641 g/mol. The van der Waals surface area contributed by atoms with Crippen LogP contribution in [0.2, 0.25) is 0 Å². The van der Waals surface area contributed by atoms with E-state index in [1.54, 1.807) is 38.1 Å². The first-order valence-corrected chi connectivity index (χ1v) is 14.7. The highest BCUT2D eigenvalue weighted by Crippen LogP contribution is 2.26. The molecule has 0 aliphatic rings. The topological polar surface area (TPSA) is 120 Å². The zero-order valence-electron chi connectivity index (χ0n) is 25.1. The largest absolute Gasteiger partial charge is 0.573 e. The maximum atomic E-state index is 12.9. The van der Waals surface area contributed by atoms with Crippen LogP contribution in [0.15, 0.2) is 72.0 Å². The number of esters is 1. The summed E-state index contributed by atoms with van der Waals surface area (Å²) in [7, 11) is 0. The van der Waals surface area contributed by atoms with Crippen molar-refractivity contribution in [2.45, 2.75) is 41.0 Å². The van der Waals surface area contributed by atoms with Gasteiger partial charge < -0.3 is 20.1 Å². The zero-order chi connectivity index (χ0) is 32.7. The predicted octanol–water partition coefficient (Wildman–Crippen LogP) is 7.65. The molecule has 1 heterocycles. The number of ether oxygens (including phenoxy) is 2. The lowest BCUT2D eigenvalue weighted by Gasteiger charge is -2.15. The number of rotatable bonds is 8. The fourth-order valence-corrected chi connectivity index (χ4v) is 4.77. The molecule has 0 aliphatic heterocycles. The summed E-state index contributed by atoms with van der Waals surface area (Å²) in [5, 5.41) is 10.6. The standard InChI is InChI=1S/C31H31F3N6O4S/c1-18(2)28(41)43-17-45-30(37-26-20(4)14-19(3)15-21(26)5)38-29(42)36-23-8-6-22(7-9-23)27-35-16-40(39-27)24-10-12-25(13-11-24)44-31(32,33)34/h6-16,18H,17H2,1-5H3,(H2,36,37,38,42). The molecule has 45 heavy (non-hydrogen) atoms. The van der Waals surface area contributed by atoms with Gasteiger partial charge in [-0.05, 0) is 92.2 Å². The van der Waals surface area contributed by atoms with Crippen molar-refractivity contribution in [3.63, 3.8) is 0 Å². The first-order chi connectivity index (χ1) is 21.3. The minimum Gasteiger partial charge on any atom is -0.454 e. The number of nitrogens with zero attached hydrogens (tertiary/aromatic N) is 4. The molecule has 14 heteroatoms. The van der Waals surface area contributed by atoms with E-state index in [1.165, 1.54) is 35.3 Å². The number of amidine groups is 1. The van der Waals surface area contributed by atoms with Crippen LogP contribution < -0.4 is 15.4 Å².